The second-order valence-electron chi connectivity index (χ2n) is 5.51. The first-order chi connectivity index (χ1) is 11.6. The lowest BCUT2D eigenvalue weighted by atomic mass is 10.2. The van der Waals surface area contributed by atoms with E-state index in [0.29, 0.717) is 17.6 Å². The van der Waals surface area contributed by atoms with E-state index in [1.165, 1.54) is 10.8 Å². The van der Waals surface area contributed by atoms with Gasteiger partial charge >= 0.3 is 0 Å². The Hall–Kier alpha value is -2.47. The molecule has 0 unspecified atom stereocenters. The zero-order valence-electron chi connectivity index (χ0n) is 13.1. The summed E-state index contributed by atoms with van der Waals surface area (Å²) in [6.45, 7) is 0.459. The molecule has 2 aromatic carbocycles. The van der Waals surface area contributed by atoms with Crippen LogP contribution in [0.1, 0.15) is 5.56 Å². The summed E-state index contributed by atoms with van der Waals surface area (Å²) < 4.78 is 2.41. The van der Waals surface area contributed by atoms with Gasteiger partial charge in [-0.2, -0.15) is 0 Å². The van der Waals surface area contributed by atoms with Gasteiger partial charge in [-0.3, -0.25) is 14.2 Å². The number of hydrogen-bond acceptors (Lipinski definition) is 3. The molecule has 0 bridgehead atoms. The molecule has 0 radical (unpaired) electrons. The third kappa shape index (κ3) is 3.38. The molecule has 24 heavy (non-hydrogen) atoms. The molecule has 0 spiro atoms. The Bertz CT molecular complexity index is 952. The zero-order valence-corrected chi connectivity index (χ0v) is 14.7. The van der Waals surface area contributed by atoms with Gasteiger partial charge in [-0.1, -0.05) is 46.3 Å². The number of hydrogen-bond donors (Lipinski definition) is 0. The van der Waals surface area contributed by atoms with Crippen LogP contribution in [0.25, 0.3) is 11.0 Å². The van der Waals surface area contributed by atoms with Gasteiger partial charge in [0.25, 0.3) is 5.56 Å². The van der Waals surface area contributed by atoms with Gasteiger partial charge in [-0.25, -0.2) is 4.98 Å². The van der Waals surface area contributed by atoms with Crippen LogP contribution < -0.4 is 5.56 Å². The van der Waals surface area contributed by atoms with Crippen LogP contribution in [0.15, 0.2) is 64.0 Å². The van der Waals surface area contributed by atoms with Crippen LogP contribution in [0.3, 0.4) is 0 Å². The fraction of sp³-hybridized carbons (Fsp3) is 0.167. The van der Waals surface area contributed by atoms with E-state index in [2.05, 4.69) is 20.9 Å². The first kappa shape index (κ1) is 16.4. The molecule has 5 nitrogen and oxygen atoms in total. The summed E-state index contributed by atoms with van der Waals surface area (Å²) in [6.07, 6.45) is 1.25. The number of carbonyl (C=O) groups excluding carboxylic acids is 1. The monoisotopic (exact) mass is 385 g/mol. The van der Waals surface area contributed by atoms with Gasteiger partial charge in [-0.05, 0) is 23.8 Å². The highest BCUT2D eigenvalue weighted by atomic mass is 79.9. The molecule has 0 fully saturated rings. The maximum Gasteiger partial charge on any atom is 0.269 e. The molecule has 0 atom stereocenters. The standard InChI is InChI=1S/C18H16BrN3O2/c1-21(11-13-6-2-3-7-14(13)19)18(24)12-22-16-9-5-4-8-15(16)20-10-17(22)23/h2-10H,11-12H2,1H3. The fourth-order valence-electron chi connectivity index (χ4n) is 2.50. The Morgan fingerprint density at radius 2 is 1.88 bits per heavy atom. The number of aromatic nitrogens is 2. The minimum absolute atomic E-state index is 0.0111. The molecule has 0 aliphatic carbocycles. The van der Waals surface area contributed by atoms with Crippen molar-refractivity contribution in [3.63, 3.8) is 0 Å². The Morgan fingerprint density at radius 1 is 1.17 bits per heavy atom. The summed E-state index contributed by atoms with van der Waals surface area (Å²) in [5, 5.41) is 0. The highest BCUT2D eigenvalue weighted by Gasteiger charge is 2.14. The smallest absolute Gasteiger partial charge is 0.269 e. The number of carbonyl (C=O) groups is 1. The van der Waals surface area contributed by atoms with Crippen LogP contribution in [0.5, 0.6) is 0 Å². The average molecular weight is 386 g/mol. The lowest BCUT2D eigenvalue weighted by Crippen LogP contribution is -2.33. The highest BCUT2D eigenvalue weighted by molar-refractivity contribution is 9.10. The largest absolute Gasteiger partial charge is 0.340 e. The molecule has 0 N–H and O–H groups in total. The van der Waals surface area contributed by atoms with Gasteiger partial charge in [0, 0.05) is 18.1 Å². The Labute approximate surface area is 147 Å². The fourth-order valence-corrected chi connectivity index (χ4v) is 2.91. The molecule has 0 saturated carbocycles. The molecule has 122 valence electrons. The summed E-state index contributed by atoms with van der Waals surface area (Å²) in [5.74, 6) is -0.135. The normalized spacial score (nSPS) is 10.8. The first-order valence-electron chi connectivity index (χ1n) is 7.48. The molecule has 6 heteroatoms. The van der Waals surface area contributed by atoms with E-state index in [9.17, 15) is 9.59 Å². The molecule has 3 rings (SSSR count). The van der Waals surface area contributed by atoms with E-state index in [4.69, 9.17) is 0 Å². The number of nitrogens with zero attached hydrogens (tertiary/aromatic N) is 3. The van der Waals surface area contributed by atoms with Crippen molar-refractivity contribution in [1.29, 1.82) is 0 Å². The van der Waals surface area contributed by atoms with Crippen LogP contribution in [0, 0.1) is 0 Å². The Kier molecular flexibility index (Phi) is 4.76. The van der Waals surface area contributed by atoms with Crippen molar-refractivity contribution in [1.82, 2.24) is 14.5 Å². The van der Waals surface area contributed by atoms with E-state index in [1.807, 2.05) is 42.5 Å². The summed E-state index contributed by atoms with van der Waals surface area (Å²) in [6, 6.07) is 15.1. The van der Waals surface area contributed by atoms with E-state index in [-0.39, 0.29) is 18.0 Å². The third-order valence-electron chi connectivity index (χ3n) is 3.84. The minimum Gasteiger partial charge on any atom is -0.340 e. The van der Waals surface area contributed by atoms with E-state index in [0.717, 1.165) is 10.0 Å². The second-order valence-corrected chi connectivity index (χ2v) is 6.37. The predicted molar refractivity (Wildman–Crippen MR) is 96.6 cm³/mol. The second kappa shape index (κ2) is 6.97. The number of fused-ring (bicyclic) bond motifs is 1. The van der Waals surface area contributed by atoms with E-state index in [1.54, 1.807) is 18.0 Å². The van der Waals surface area contributed by atoms with Gasteiger partial charge in [0.05, 0.1) is 17.2 Å². The lowest BCUT2D eigenvalue weighted by molar-refractivity contribution is -0.131. The summed E-state index contributed by atoms with van der Waals surface area (Å²) in [7, 11) is 1.73. The zero-order chi connectivity index (χ0) is 17.1. The van der Waals surface area contributed by atoms with Crippen LogP contribution in [-0.4, -0.2) is 27.4 Å². The number of benzene rings is 2. The van der Waals surface area contributed by atoms with E-state index < -0.39 is 0 Å². The molecule has 0 aliphatic rings. The maximum atomic E-state index is 12.6. The van der Waals surface area contributed by atoms with Gasteiger partial charge in [0.15, 0.2) is 0 Å². The molecule has 1 heterocycles. The Balaban J connectivity index is 1.84. The third-order valence-corrected chi connectivity index (χ3v) is 4.61. The molecule has 0 aliphatic heterocycles. The van der Waals surface area contributed by atoms with Gasteiger partial charge in [0.1, 0.15) is 6.54 Å². The molecular weight excluding hydrogens is 370 g/mol. The summed E-state index contributed by atoms with van der Waals surface area (Å²) in [5.41, 5.74) is 2.09. The SMILES string of the molecule is CN(Cc1ccccc1Br)C(=O)Cn1c(=O)cnc2ccccc21. The number of likely N-dealkylation sites (N-methyl/N-ethyl adjacent to an activating group) is 1. The lowest BCUT2D eigenvalue weighted by Gasteiger charge is -2.19. The molecule has 3 aromatic rings. The Morgan fingerprint density at radius 3 is 2.67 bits per heavy atom. The molecule has 1 amide bonds. The maximum absolute atomic E-state index is 12.6. The number of para-hydroxylation sites is 2. The van der Waals surface area contributed by atoms with Crippen molar-refractivity contribution in [2.24, 2.45) is 0 Å². The predicted octanol–water partition coefficient (Wildman–Crippen LogP) is 2.82. The summed E-state index contributed by atoms with van der Waals surface area (Å²) in [4.78, 5) is 30.4. The first-order valence-corrected chi connectivity index (χ1v) is 8.27. The van der Waals surface area contributed by atoms with Crippen molar-refractivity contribution < 1.29 is 4.79 Å². The molecule has 0 saturated heterocycles. The van der Waals surface area contributed by atoms with Crippen LogP contribution in [0.4, 0.5) is 0 Å². The van der Waals surface area contributed by atoms with Crippen LogP contribution in [0.2, 0.25) is 0 Å². The minimum atomic E-state index is -0.281. The van der Waals surface area contributed by atoms with Gasteiger partial charge < -0.3 is 4.90 Å². The average Bonchev–Trinajstić information content (AvgIpc) is 2.59. The summed E-state index contributed by atoms with van der Waals surface area (Å²) >= 11 is 3.48. The van der Waals surface area contributed by atoms with E-state index >= 15 is 0 Å². The van der Waals surface area contributed by atoms with Crippen molar-refractivity contribution >= 4 is 32.9 Å². The van der Waals surface area contributed by atoms with Crippen LogP contribution >= 0.6 is 15.9 Å². The number of halogens is 1. The van der Waals surface area contributed by atoms with Gasteiger partial charge in [0.2, 0.25) is 5.91 Å². The van der Waals surface area contributed by atoms with Crippen LogP contribution in [-0.2, 0) is 17.9 Å². The number of amides is 1. The highest BCUT2D eigenvalue weighted by Crippen LogP contribution is 2.17. The molecular formula is C18H16BrN3O2. The quantitative estimate of drug-likeness (QED) is 0.693. The van der Waals surface area contributed by atoms with Crippen molar-refractivity contribution in [3.05, 3.63) is 75.1 Å². The molecule has 1 aromatic heterocycles. The van der Waals surface area contributed by atoms with Gasteiger partial charge in [-0.15, -0.1) is 0 Å². The number of rotatable bonds is 4. The topological polar surface area (TPSA) is 55.2 Å². The van der Waals surface area contributed by atoms with Crippen molar-refractivity contribution in [2.75, 3.05) is 7.05 Å². The van der Waals surface area contributed by atoms with Crippen molar-refractivity contribution in [2.45, 2.75) is 13.1 Å². The van der Waals surface area contributed by atoms with Crippen molar-refractivity contribution in [3.8, 4) is 0 Å².